The van der Waals surface area contributed by atoms with Gasteiger partial charge in [-0.05, 0) is 76.6 Å². The number of nitrogens with one attached hydrogen (secondary N) is 1. The number of amides is 1. The quantitative estimate of drug-likeness (QED) is 0.0513. The van der Waals surface area contributed by atoms with Gasteiger partial charge in [-0.15, -0.1) is 12.3 Å². The van der Waals surface area contributed by atoms with Crippen LogP contribution in [0.2, 0.25) is 0 Å². The molecule has 0 aromatic heterocycles. The molecule has 2 bridgehead atoms. The summed E-state index contributed by atoms with van der Waals surface area (Å²) in [6.45, 7) is 10.4. The van der Waals surface area contributed by atoms with Crippen molar-refractivity contribution in [3.63, 3.8) is 0 Å². The molecule has 45 heavy (non-hydrogen) atoms. The fourth-order valence-corrected chi connectivity index (χ4v) is 7.82. The Hall–Kier alpha value is -3.88. The lowest BCUT2D eigenvalue weighted by atomic mass is 9.45. The summed E-state index contributed by atoms with van der Waals surface area (Å²) in [5.41, 5.74) is 13.3. The van der Waals surface area contributed by atoms with Crippen LogP contribution in [0.1, 0.15) is 101 Å². The van der Waals surface area contributed by atoms with E-state index in [0.717, 1.165) is 49.2 Å². The molecule has 7 heteroatoms. The Morgan fingerprint density at radius 3 is 2.44 bits per heavy atom. The van der Waals surface area contributed by atoms with Crippen LogP contribution in [0.15, 0.2) is 59.2 Å². The molecule has 1 N–H and O–H groups in total. The number of ether oxygens (including phenoxy) is 2. The highest BCUT2D eigenvalue weighted by molar-refractivity contribution is 5.76. The number of methoxy groups -OCH3 is 2. The van der Waals surface area contributed by atoms with Crippen molar-refractivity contribution in [2.75, 3.05) is 27.3 Å². The fourth-order valence-electron chi connectivity index (χ4n) is 7.82. The summed E-state index contributed by atoms with van der Waals surface area (Å²) in [5.74, 6) is 5.52. The van der Waals surface area contributed by atoms with Gasteiger partial charge in [0.2, 0.25) is 5.91 Å². The van der Waals surface area contributed by atoms with Crippen LogP contribution in [0.25, 0.3) is 10.4 Å². The molecule has 3 aliphatic rings. The zero-order valence-electron chi connectivity index (χ0n) is 27.9. The van der Waals surface area contributed by atoms with Crippen molar-refractivity contribution in [2.24, 2.45) is 22.4 Å². The number of nitrogens with zero attached hydrogens (tertiary/aromatic N) is 3. The summed E-state index contributed by atoms with van der Waals surface area (Å²) in [6.07, 6.45) is 13.6. The van der Waals surface area contributed by atoms with Gasteiger partial charge in [0.1, 0.15) is 11.5 Å². The largest absolute Gasteiger partial charge is 0.496 e. The smallest absolute Gasteiger partial charge is 0.221 e. The van der Waals surface area contributed by atoms with E-state index < -0.39 is 0 Å². The number of rotatable bonds is 16. The van der Waals surface area contributed by atoms with Crippen molar-refractivity contribution >= 4 is 5.91 Å². The molecule has 5 rings (SSSR count). The average molecular weight is 611 g/mol. The first-order valence-electron chi connectivity index (χ1n) is 16.3. The number of allylic oxidation sites excluding steroid dienone is 1. The van der Waals surface area contributed by atoms with E-state index >= 15 is 0 Å². The molecule has 0 radical (unpaired) electrons. The molecule has 7 nitrogen and oxygen atoms in total. The van der Waals surface area contributed by atoms with E-state index in [9.17, 15) is 4.79 Å². The van der Waals surface area contributed by atoms with E-state index in [0.29, 0.717) is 37.8 Å². The Balaban J connectivity index is 1.68. The summed E-state index contributed by atoms with van der Waals surface area (Å²) in [6, 6.07) is 15.2. The molecule has 0 aliphatic heterocycles. The molecule has 0 spiro atoms. The molecule has 0 heterocycles. The van der Waals surface area contributed by atoms with Crippen molar-refractivity contribution in [2.45, 2.75) is 89.9 Å². The first-order valence-corrected chi connectivity index (χ1v) is 16.3. The van der Waals surface area contributed by atoms with Gasteiger partial charge < -0.3 is 14.8 Å². The van der Waals surface area contributed by atoms with E-state index in [4.69, 9.17) is 21.4 Å². The lowest BCUT2D eigenvalue weighted by molar-refractivity contribution is -0.121. The van der Waals surface area contributed by atoms with E-state index in [1.165, 1.54) is 16.7 Å². The number of hydrogen-bond donors (Lipinski definition) is 1. The number of carbonyl (C=O) groups excluding carboxylic acids is 1. The van der Waals surface area contributed by atoms with Crippen LogP contribution in [0.5, 0.6) is 11.5 Å². The second kappa shape index (κ2) is 14.9. The van der Waals surface area contributed by atoms with E-state index in [2.05, 4.69) is 97.5 Å². The lowest BCUT2D eigenvalue weighted by Crippen LogP contribution is -2.52. The molecular formula is C38H50N4O3. The monoisotopic (exact) mass is 610 g/mol. The van der Waals surface area contributed by atoms with E-state index in [-0.39, 0.29) is 28.6 Å². The minimum atomic E-state index is -0.220. The third-order valence-corrected chi connectivity index (χ3v) is 10.6. The average Bonchev–Trinajstić information content (AvgIpc) is 3.05. The second-order valence-corrected chi connectivity index (χ2v) is 13.7. The van der Waals surface area contributed by atoms with Crippen LogP contribution >= 0.6 is 0 Å². The van der Waals surface area contributed by atoms with Crippen molar-refractivity contribution < 1.29 is 14.3 Å². The molecule has 1 amide bonds. The maximum atomic E-state index is 12.4. The molecule has 4 atom stereocenters. The molecule has 2 aromatic rings. The highest BCUT2D eigenvalue weighted by atomic mass is 16.5. The maximum absolute atomic E-state index is 12.4. The van der Waals surface area contributed by atoms with Crippen LogP contribution < -0.4 is 14.8 Å². The predicted molar refractivity (Wildman–Crippen MR) is 182 cm³/mol. The fraction of sp³-hybridized carbons (Fsp3) is 0.553. The Labute approximate surface area is 269 Å². The number of terminal acetylenes is 1. The van der Waals surface area contributed by atoms with Crippen LogP contribution in [0, 0.1) is 29.6 Å². The molecule has 2 aromatic carbocycles. The topological polar surface area (TPSA) is 96.3 Å². The van der Waals surface area contributed by atoms with Gasteiger partial charge in [0.15, 0.2) is 0 Å². The van der Waals surface area contributed by atoms with Gasteiger partial charge in [-0.25, -0.2) is 0 Å². The van der Waals surface area contributed by atoms with E-state index in [1.807, 2.05) is 0 Å². The Bertz CT molecular complexity index is 1420. The molecule has 0 unspecified atom stereocenters. The van der Waals surface area contributed by atoms with Gasteiger partial charge in [0.05, 0.1) is 14.2 Å². The normalized spacial score (nSPS) is 20.5. The Morgan fingerprint density at radius 1 is 1.16 bits per heavy atom. The SMILES string of the molecule is C#CCCC(=O)NCC1=C[C@H](c2c(OC)cc(C(C)(C)[C@@H](CCCCCN=[N+]=[N-])c3ccccc3)cc2OC)[C@@H]2C[C@H]1C2(C)C. The summed E-state index contributed by atoms with van der Waals surface area (Å²) in [5, 5.41) is 6.81. The number of azide groups is 1. The molecule has 240 valence electrons. The number of hydrogen-bond acceptors (Lipinski definition) is 4. The van der Waals surface area contributed by atoms with Crippen molar-refractivity contribution in [1.29, 1.82) is 0 Å². The molecule has 1 saturated carbocycles. The lowest BCUT2D eigenvalue weighted by Gasteiger charge is -2.59. The first kappa shape index (κ1) is 34.0. The summed E-state index contributed by atoms with van der Waals surface area (Å²) in [4.78, 5) is 15.3. The van der Waals surface area contributed by atoms with Crippen molar-refractivity contribution in [3.05, 3.63) is 81.2 Å². The number of unbranched alkanes of at least 4 members (excludes halogenated alkanes) is 2. The predicted octanol–water partition coefficient (Wildman–Crippen LogP) is 8.85. The van der Waals surface area contributed by atoms with Gasteiger partial charge in [0.25, 0.3) is 0 Å². The number of fused-ring (bicyclic) bond motifs is 1. The van der Waals surface area contributed by atoms with Gasteiger partial charge in [-0.2, -0.15) is 0 Å². The highest BCUT2D eigenvalue weighted by Crippen LogP contribution is 2.65. The van der Waals surface area contributed by atoms with Crippen LogP contribution in [0.3, 0.4) is 0 Å². The van der Waals surface area contributed by atoms with Gasteiger partial charge in [0, 0.05) is 42.3 Å². The van der Waals surface area contributed by atoms with Gasteiger partial charge in [-0.3, -0.25) is 4.79 Å². The van der Waals surface area contributed by atoms with E-state index in [1.54, 1.807) is 14.2 Å². The minimum absolute atomic E-state index is 0.00459. The Kier molecular flexibility index (Phi) is 11.3. The zero-order valence-corrected chi connectivity index (χ0v) is 27.9. The van der Waals surface area contributed by atoms with Gasteiger partial charge in [-0.1, -0.05) is 87.6 Å². The van der Waals surface area contributed by atoms with Crippen LogP contribution in [-0.2, 0) is 10.2 Å². The first-order chi connectivity index (χ1) is 21.6. The summed E-state index contributed by atoms with van der Waals surface area (Å²) in [7, 11) is 3.50. The second-order valence-electron chi connectivity index (χ2n) is 13.7. The standard InChI is InChI=1S/C38H50N4O3/c1-8-9-19-35(43)40-25-27-21-29(32-24-31(27)38(32,4)5)36-33(44-6)22-28(23-34(36)45-7)37(2,3)30(26-16-12-10-13-17-26)18-14-11-15-20-41-42-39/h1,10,12-13,16-17,21-23,29-32H,9,11,14-15,18-20,24-25H2,2-7H3,(H,40,43)/t29-,30-,31+,32-/m0/s1. The maximum Gasteiger partial charge on any atom is 0.221 e. The third kappa shape index (κ3) is 7.34. The molecule has 0 saturated heterocycles. The van der Waals surface area contributed by atoms with Gasteiger partial charge >= 0.3 is 0 Å². The van der Waals surface area contributed by atoms with Crippen molar-refractivity contribution in [3.8, 4) is 23.8 Å². The third-order valence-electron chi connectivity index (χ3n) is 10.6. The van der Waals surface area contributed by atoms with Crippen LogP contribution in [0.4, 0.5) is 0 Å². The van der Waals surface area contributed by atoms with Crippen LogP contribution in [-0.4, -0.2) is 33.2 Å². The summed E-state index contributed by atoms with van der Waals surface area (Å²) < 4.78 is 12.3. The number of benzene rings is 2. The van der Waals surface area contributed by atoms with Crippen molar-refractivity contribution in [1.82, 2.24) is 5.32 Å². The summed E-state index contributed by atoms with van der Waals surface area (Å²) >= 11 is 0. The minimum Gasteiger partial charge on any atom is -0.496 e. The number of carbonyl (C=O) groups is 1. The molecular weight excluding hydrogens is 560 g/mol. The Morgan fingerprint density at radius 2 is 1.84 bits per heavy atom. The highest BCUT2D eigenvalue weighted by Gasteiger charge is 2.56. The molecule has 1 fully saturated rings. The molecule has 3 aliphatic carbocycles. The zero-order chi connectivity index (χ0) is 32.6.